The second kappa shape index (κ2) is 9.56. The van der Waals surface area contributed by atoms with Crippen LogP contribution in [0.15, 0.2) is 42.6 Å². The number of hydrogen-bond acceptors (Lipinski definition) is 5. The van der Waals surface area contributed by atoms with Crippen molar-refractivity contribution in [2.24, 2.45) is 0 Å². The van der Waals surface area contributed by atoms with Gasteiger partial charge in [0, 0.05) is 37.1 Å². The number of nitriles is 1. The lowest BCUT2D eigenvalue weighted by Gasteiger charge is -2.34. The molecule has 1 aromatic heterocycles. The molecule has 0 saturated carbocycles. The molecule has 0 atom stereocenters. The highest BCUT2D eigenvalue weighted by Gasteiger charge is 2.28. The van der Waals surface area contributed by atoms with Crippen LogP contribution in [0.4, 0.5) is 10.5 Å². The smallest absolute Gasteiger partial charge is 0.410 e. The van der Waals surface area contributed by atoms with Gasteiger partial charge in [0.15, 0.2) is 6.61 Å². The highest BCUT2D eigenvalue weighted by Crippen LogP contribution is 2.26. The SMILES string of the molecule is CC(C)(C)OC(=O)N1CCC(n2cccc2C(=O)Nc2cccc(OCC#N)c2)CC1. The van der Waals surface area contributed by atoms with E-state index >= 15 is 0 Å². The maximum Gasteiger partial charge on any atom is 0.410 e. The summed E-state index contributed by atoms with van der Waals surface area (Å²) in [5.74, 6) is 0.293. The van der Waals surface area contributed by atoms with Gasteiger partial charge in [-0.05, 0) is 57.9 Å². The van der Waals surface area contributed by atoms with Gasteiger partial charge in [-0.2, -0.15) is 5.26 Å². The topological polar surface area (TPSA) is 96.6 Å². The van der Waals surface area contributed by atoms with E-state index in [0.717, 1.165) is 12.8 Å². The van der Waals surface area contributed by atoms with Crippen LogP contribution < -0.4 is 10.1 Å². The van der Waals surface area contributed by atoms with Gasteiger partial charge in [-0.3, -0.25) is 4.79 Å². The zero-order valence-corrected chi connectivity index (χ0v) is 18.1. The van der Waals surface area contributed by atoms with Crippen LogP contribution in [0, 0.1) is 11.3 Å². The molecule has 1 aliphatic heterocycles. The molecule has 2 heterocycles. The molecule has 8 heteroatoms. The number of likely N-dealkylation sites (tertiary alicyclic amines) is 1. The lowest BCUT2D eigenvalue weighted by atomic mass is 10.0. The van der Waals surface area contributed by atoms with E-state index in [2.05, 4.69) is 5.32 Å². The molecular weight excluding hydrogens is 396 g/mol. The number of piperidine rings is 1. The highest BCUT2D eigenvalue weighted by atomic mass is 16.6. The molecule has 0 aliphatic carbocycles. The van der Waals surface area contributed by atoms with Crippen LogP contribution >= 0.6 is 0 Å². The standard InChI is InChI=1S/C23H28N4O4/c1-23(2,3)31-22(29)26-13-9-18(10-14-26)27-12-5-8-20(27)21(28)25-17-6-4-7-19(16-17)30-15-11-24/h4-8,12,16,18H,9-10,13-15H2,1-3H3,(H,25,28). The van der Waals surface area contributed by atoms with Crippen LogP contribution in [0.5, 0.6) is 5.75 Å². The fourth-order valence-electron chi connectivity index (χ4n) is 3.53. The third-order valence-corrected chi connectivity index (χ3v) is 4.92. The number of anilines is 1. The Morgan fingerprint density at radius 3 is 2.61 bits per heavy atom. The zero-order valence-electron chi connectivity index (χ0n) is 18.1. The Morgan fingerprint density at radius 1 is 1.19 bits per heavy atom. The number of ether oxygens (including phenoxy) is 2. The molecule has 1 N–H and O–H groups in total. The Hall–Kier alpha value is -3.47. The summed E-state index contributed by atoms with van der Waals surface area (Å²) in [6.45, 7) is 6.67. The van der Waals surface area contributed by atoms with Gasteiger partial charge in [0.2, 0.25) is 0 Å². The number of carbonyl (C=O) groups excluding carboxylic acids is 2. The van der Waals surface area contributed by atoms with Crippen molar-refractivity contribution in [1.29, 1.82) is 5.26 Å². The van der Waals surface area contributed by atoms with Crippen LogP contribution in [0.2, 0.25) is 0 Å². The van der Waals surface area contributed by atoms with Gasteiger partial charge in [0.05, 0.1) is 0 Å². The molecule has 0 radical (unpaired) electrons. The van der Waals surface area contributed by atoms with Crippen LogP contribution in [0.1, 0.15) is 50.1 Å². The third kappa shape index (κ3) is 6.01. The van der Waals surface area contributed by atoms with E-state index in [1.54, 1.807) is 35.2 Å². The van der Waals surface area contributed by atoms with Gasteiger partial charge in [-0.15, -0.1) is 0 Å². The second-order valence-electron chi connectivity index (χ2n) is 8.43. The van der Waals surface area contributed by atoms with Crippen LogP contribution in [0.25, 0.3) is 0 Å². The Morgan fingerprint density at radius 2 is 1.94 bits per heavy atom. The fourth-order valence-corrected chi connectivity index (χ4v) is 3.53. The molecule has 0 spiro atoms. The van der Waals surface area contributed by atoms with Crippen molar-refractivity contribution in [3.8, 4) is 11.8 Å². The average Bonchev–Trinajstić information content (AvgIpc) is 3.21. The van der Waals surface area contributed by atoms with E-state index < -0.39 is 5.60 Å². The van der Waals surface area contributed by atoms with Gasteiger partial charge < -0.3 is 24.3 Å². The molecule has 0 bridgehead atoms. The number of hydrogen-bond donors (Lipinski definition) is 1. The molecule has 3 rings (SSSR count). The zero-order chi connectivity index (χ0) is 22.4. The number of aromatic nitrogens is 1. The Bertz CT molecular complexity index is 962. The van der Waals surface area contributed by atoms with Crippen molar-refractivity contribution >= 4 is 17.7 Å². The maximum absolute atomic E-state index is 12.9. The molecule has 0 unspecified atom stereocenters. The molecule has 1 aromatic carbocycles. The first-order valence-electron chi connectivity index (χ1n) is 10.3. The third-order valence-electron chi connectivity index (χ3n) is 4.92. The largest absolute Gasteiger partial charge is 0.479 e. The van der Waals surface area contributed by atoms with Crippen LogP contribution in [-0.2, 0) is 4.74 Å². The molecular formula is C23H28N4O4. The number of benzene rings is 1. The predicted molar refractivity (Wildman–Crippen MR) is 116 cm³/mol. The lowest BCUT2D eigenvalue weighted by molar-refractivity contribution is 0.0187. The Labute approximate surface area is 182 Å². The van der Waals surface area contributed by atoms with E-state index in [1.807, 2.05) is 43.7 Å². The summed E-state index contributed by atoms with van der Waals surface area (Å²) in [5, 5.41) is 11.5. The number of carbonyl (C=O) groups is 2. The van der Waals surface area contributed by atoms with Crippen LogP contribution in [-0.4, -0.2) is 46.8 Å². The quantitative estimate of drug-likeness (QED) is 0.775. The van der Waals surface area contributed by atoms with Crippen molar-refractivity contribution in [3.05, 3.63) is 48.3 Å². The second-order valence-corrected chi connectivity index (χ2v) is 8.43. The minimum absolute atomic E-state index is 0.0533. The van der Waals surface area contributed by atoms with Gasteiger partial charge in [-0.25, -0.2) is 4.79 Å². The van der Waals surface area contributed by atoms with Crippen molar-refractivity contribution < 1.29 is 19.1 Å². The lowest BCUT2D eigenvalue weighted by Crippen LogP contribution is -2.42. The summed E-state index contributed by atoms with van der Waals surface area (Å²) >= 11 is 0. The average molecular weight is 425 g/mol. The molecule has 1 saturated heterocycles. The molecule has 164 valence electrons. The van der Waals surface area contributed by atoms with E-state index in [9.17, 15) is 9.59 Å². The first-order chi connectivity index (χ1) is 14.8. The van der Waals surface area contributed by atoms with Crippen molar-refractivity contribution in [1.82, 2.24) is 9.47 Å². The summed E-state index contributed by atoms with van der Waals surface area (Å²) in [7, 11) is 0. The number of rotatable bonds is 5. The van der Waals surface area contributed by atoms with Gasteiger partial charge >= 0.3 is 6.09 Å². The van der Waals surface area contributed by atoms with Gasteiger partial charge in [0.25, 0.3) is 5.91 Å². The normalized spacial score (nSPS) is 14.6. The van der Waals surface area contributed by atoms with Crippen molar-refractivity contribution in [2.75, 3.05) is 25.0 Å². The predicted octanol–water partition coefficient (Wildman–Crippen LogP) is 4.21. The highest BCUT2D eigenvalue weighted by molar-refractivity contribution is 6.03. The Balaban J connectivity index is 1.62. The number of amides is 2. The van der Waals surface area contributed by atoms with E-state index in [1.165, 1.54) is 0 Å². The van der Waals surface area contributed by atoms with E-state index in [0.29, 0.717) is 30.2 Å². The number of nitrogens with one attached hydrogen (secondary N) is 1. The Kier molecular flexibility index (Phi) is 6.85. The summed E-state index contributed by atoms with van der Waals surface area (Å²) in [4.78, 5) is 26.9. The molecule has 31 heavy (non-hydrogen) atoms. The minimum atomic E-state index is -0.517. The molecule has 1 fully saturated rings. The van der Waals surface area contributed by atoms with Gasteiger partial charge in [-0.1, -0.05) is 6.07 Å². The van der Waals surface area contributed by atoms with Crippen molar-refractivity contribution in [2.45, 2.75) is 45.3 Å². The van der Waals surface area contributed by atoms with Crippen molar-refractivity contribution in [3.63, 3.8) is 0 Å². The summed E-state index contributed by atoms with van der Waals surface area (Å²) < 4.78 is 12.7. The molecule has 1 aliphatic rings. The summed E-state index contributed by atoms with van der Waals surface area (Å²) in [6, 6.07) is 12.6. The van der Waals surface area contributed by atoms with Crippen LogP contribution in [0.3, 0.4) is 0 Å². The minimum Gasteiger partial charge on any atom is -0.479 e. The first-order valence-corrected chi connectivity index (χ1v) is 10.3. The molecule has 2 amide bonds. The number of nitrogens with zero attached hydrogens (tertiary/aromatic N) is 3. The first kappa shape index (κ1) is 22.2. The van der Waals surface area contributed by atoms with E-state index in [4.69, 9.17) is 14.7 Å². The maximum atomic E-state index is 12.9. The molecule has 2 aromatic rings. The summed E-state index contributed by atoms with van der Waals surface area (Å²) in [5.41, 5.74) is 0.628. The van der Waals surface area contributed by atoms with Gasteiger partial charge in [0.1, 0.15) is 23.1 Å². The monoisotopic (exact) mass is 424 g/mol. The van der Waals surface area contributed by atoms with E-state index in [-0.39, 0.29) is 24.6 Å². The summed E-state index contributed by atoms with van der Waals surface area (Å²) in [6.07, 6.45) is 3.09. The fraction of sp³-hybridized carbons (Fsp3) is 0.435. The molecule has 8 nitrogen and oxygen atoms in total.